The Hall–Kier alpha value is -1.92. The lowest BCUT2D eigenvalue weighted by Crippen LogP contribution is -2.32. The van der Waals surface area contributed by atoms with Crippen molar-refractivity contribution in [2.24, 2.45) is 0 Å². The van der Waals surface area contributed by atoms with Gasteiger partial charge in [0.15, 0.2) is 0 Å². The van der Waals surface area contributed by atoms with E-state index < -0.39 is 16.1 Å². The zero-order chi connectivity index (χ0) is 21.3. The van der Waals surface area contributed by atoms with Crippen LogP contribution in [0.5, 0.6) is 0 Å². The molecule has 1 aliphatic heterocycles. The third-order valence-corrected chi connectivity index (χ3v) is 8.04. The second-order valence-electron chi connectivity index (χ2n) is 7.32. The van der Waals surface area contributed by atoms with Crippen LogP contribution in [0.1, 0.15) is 22.7 Å². The second kappa shape index (κ2) is 8.67. The van der Waals surface area contributed by atoms with E-state index in [1.165, 1.54) is 0 Å². The van der Waals surface area contributed by atoms with Gasteiger partial charge in [0.2, 0.25) is 10.0 Å². The summed E-state index contributed by atoms with van der Waals surface area (Å²) < 4.78 is 29.9. The molecule has 0 aliphatic carbocycles. The first-order chi connectivity index (χ1) is 14.4. The number of alkyl halides is 1. The van der Waals surface area contributed by atoms with Crippen LogP contribution in [0.25, 0.3) is 5.57 Å². The van der Waals surface area contributed by atoms with E-state index in [2.05, 4.69) is 15.9 Å². The first-order valence-corrected chi connectivity index (χ1v) is 12.4. The molecule has 1 atom stereocenters. The van der Waals surface area contributed by atoms with Crippen LogP contribution in [0.2, 0.25) is 0 Å². The van der Waals surface area contributed by atoms with Crippen molar-refractivity contribution in [3.63, 3.8) is 0 Å². The van der Waals surface area contributed by atoms with Crippen LogP contribution in [0.4, 0.5) is 0 Å². The van der Waals surface area contributed by atoms with E-state index in [4.69, 9.17) is 11.6 Å². The number of benzene rings is 3. The fraction of sp³-hybridized carbons (Fsp3) is 0.167. The van der Waals surface area contributed by atoms with Crippen molar-refractivity contribution in [1.82, 2.24) is 4.31 Å². The Morgan fingerprint density at radius 1 is 0.967 bits per heavy atom. The minimum Gasteiger partial charge on any atom is -0.207 e. The minimum atomic E-state index is -3.73. The molecule has 0 fully saturated rings. The van der Waals surface area contributed by atoms with Crippen molar-refractivity contribution in [2.75, 3.05) is 12.4 Å². The first-order valence-electron chi connectivity index (χ1n) is 9.59. The van der Waals surface area contributed by atoms with E-state index in [0.717, 1.165) is 32.3 Å². The number of hydrogen-bond acceptors (Lipinski definition) is 2. The summed E-state index contributed by atoms with van der Waals surface area (Å²) in [4.78, 5) is 0.290. The van der Waals surface area contributed by atoms with Gasteiger partial charge in [-0.3, -0.25) is 0 Å². The van der Waals surface area contributed by atoms with Gasteiger partial charge in [0.25, 0.3) is 0 Å². The lowest BCUT2D eigenvalue weighted by atomic mass is 9.96. The van der Waals surface area contributed by atoms with Gasteiger partial charge in [-0.05, 0) is 53.5 Å². The quantitative estimate of drug-likeness (QED) is 0.390. The Morgan fingerprint density at radius 3 is 2.20 bits per heavy atom. The molecule has 3 aromatic carbocycles. The molecule has 30 heavy (non-hydrogen) atoms. The van der Waals surface area contributed by atoms with Crippen LogP contribution < -0.4 is 0 Å². The molecular weight excluding hydrogens is 482 g/mol. The third kappa shape index (κ3) is 4.00. The number of rotatable bonds is 5. The Labute approximate surface area is 191 Å². The molecule has 3 aromatic rings. The summed E-state index contributed by atoms with van der Waals surface area (Å²) in [5.74, 6) is 0.255. The van der Waals surface area contributed by atoms with E-state index >= 15 is 0 Å². The highest BCUT2D eigenvalue weighted by molar-refractivity contribution is 9.10. The summed E-state index contributed by atoms with van der Waals surface area (Å²) in [6.45, 7) is 2.22. The van der Waals surface area contributed by atoms with Crippen molar-refractivity contribution in [3.05, 3.63) is 106 Å². The smallest absolute Gasteiger partial charge is 0.207 e. The highest BCUT2D eigenvalue weighted by atomic mass is 79.9. The maximum atomic E-state index is 13.7. The van der Waals surface area contributed by atoms with Crippen molar-refractivity contribution in [2.45, 2.75) is 17.9 Å². The zero-order valence-corrected chi connectivity index (χ0v) is 19.6. The predicted octanol–water partition coefficient (Wildman–Crippen LogP) is 6.20. The molecule has 4 rings (SSSR count). The average Bonchev–Trinajstić information content (AvgIpc) is 3.16. The van der Waals surface area contributed by atoms with Gasteiger partial charge in [-0.1, -0.05) is 76.1 Å². The van der Waals surface area contributed by atoms with E-state index in [0.29, 0.717) is 4.90 Å². The molecule has 0 saturated carbocycles. The maximum Gasteiger partial charge on any atom is 0.244 e. The molecule has 3 nitrogen and oxygen atoms in total. The van der Waals surface area contributed by atoms with Gasteiger partial charge in [-0.25, -0.2) is 8.42 Å². The standard InChI is InChI=1S/C24H21BrClNO2S/c1-17-7-13-21(14-8-17)30(28,29)27-16-23(18-5-3-2-4-6-18)22(15-26)24(27)19-9-11-20(25)12-10-19/h2-14,24H,15-16H2,1H3. The fourth-order valence-corrected chi connectivity index (χ4v) is 5.99. The number of sulfonamides is 1. The molecule has 0 N–H and O–H groups in total. The van der Waals surface area contributed by atoms with Crippen molar-refractivity contribution < 1.29 is 8.42 Å². The molecule has 1 unspecified atom stereocenters. The highest BCUT2D eigenvalue weighted by Gasteiger charge is 2.41. The molecule has 0 amide bonds. The first kappa shape index (κ1) is 21.3. The highest BCUT2D eigenvalue weighted by Crippen LogP contribution is 2.44. The largest absolute Gasteiger partial charge is 0.244 e. The number of hydrogen-bond donors (Lipinski definition) is 0. The van der Waals surface area contributed by atoms with Crippen LogP contribution >= 0.6 is 27.5 Å². The Morgan fingerprint density at radius 2 is 1.60 bits per heavy atom. The fourth-order valence-electron chi connectivity index (χ4n) is 3.84. The SMILES string of the molecule is Cc1ccc(S(=O)(=O)N2CC(c3ccccc3)=C(CCl)C2c2ccc(Br)cc2)cc1. The number of nitrogens with zero attached hydrogens (tertiary/aromatic N) is 1. The van der Waals surface area contributed by atoms with Gasteiger partial charge in [-0.15, -0.1) is 11.6 Å². The number of aryl methyl sites for hydroxylation is 1. The molecule has 1 aliphatic rings. The van der Waals surface area contributed by atoms with E-state index in [-0.39, 0.29) is 12.4 Å². The summed E-state index contributed by atoms with van der Waals surface area (Å²) in [6, 6.07) is 24.2. The normalized spacial score (nSPS) is 17.5. The third-order valence-electron chi connectivity index (χ3n) is 5.40. The van der Waals surface area contributed by atoms with Gasteiger partial charge < -0.3 is 0 Å². The van der Waals surface area contributed by atoms with Crippen LogP contribution in [0.15, 0.2) is 93.8 Å². The number of halogens is 2. The molecular formula is C24H21BrClNO2S. The van der Waals surface area contributed by atoms with Crippen LogP contribution in [-0.4, -0.2) is 25.1 Å². The van der Waals surface area contributed by atoms with E-state index in [9.17, 15) is 8.42 Å². The Bertz CT molecular complexity index is 1170. The van der Waals surface area contributed by atoms with Crippen LogP contribution in [0.3, 0.4) is 0 Å². The molecule has 0 saturated heterocycles. The van der Waals surface area contributed by atoms with Gasteiger partial charge in [0, 0.05) is 16.9 Å². The summed E-state index contributed by atoms with van der Waals surface area (Å²) in [5.41, 5.74) is 4.80. The molecule has 6 heteroatoms. The minimum absolute atomic E-state index is 0.255. The van der Waals surface area contributed by atoms with Gasteiger partial charge in [-0.2, -0.15) is 4.31 Å². The Kier molecular flexibility index (Phi) is 6.16. The summed E-state index contributed by atoms with van der Waals surface area (Å²) in [6.07, 6.45) is 0. The van der Waals surface area contributed by atoms with Gasteiger partial charge in [0.05, 0.1) is 10.9 Å². The lowest BCUT2D eigenvalue weighted by Gasteiger charge is -2.26. The molecule has 0 bridgehead atoms. The molecule has 0 spiro atoms. The lowest BCUT2D eigenvalue weighted by molar-refractivity contribution is 0.411. The molecule has 1 heterocycles. The van der Waals surface area contributed by atoms with E-state index in [1.807, 2.05) is 73.7 Å². The maximum absolute atomic E-state index is 13.7. The monoisotopic (exact) mass is 501 g/mol. The van der Waals surface area contributed by atoms with Crippen LogP contribution in [-0.2, 0) is 10.0 Å². The zero-order valence-electron chi connectivity index (χ0n) is 16.4. The topological polar surface area (TPSA) is 37.4 Å². The second-order valence-corrected chi connectivity index (χ2v) is 10.4. The van der Waals surface area contributed by atoms with Gasteiger partial charge >= 0.3 is 0 Å². The van der Waals surface area contributed by atoms with Crippen molar-refractivity contribution in [1.29, 1.82) is 0 Å². The molecule has 154 valence electrons. The molecule has 0 aromatic heterocycles. The van der Waals surface area contributed by atoms with Crippen LogP contribution in [0, 0.1) is 6.92 Å². The van der Waals surface area contributed by atoms with Gasteiger partial charge in [0.1, 0.15) is 0 Å². The van der Waals surface area contributed by atoms with Crippen molar-refractivity contribution >= 4 is 43.1 Å². The summed E-state index contributed by atoms with van der Waals surface area (Å²) in [7, 11) is -3.73. The van der Waals surface area contributed by atoms with E-state index in [1.54, 1.807) is 16.4 Å². The summed E-state index contributed by atoms with van der Waals surface area (Å²) in [5, 5.41) is 0. The van der Waals surface area contributed by atoms with Crippen molar-refractivity contribution in [3.8, 4) is 0 Å². The molecule has 0 radical (unpaired) electrons. The summed E-state index contributed by atoms with van der Waals surface area (Å²) >= 11 is 9.88. The average molecular weight is 503 g/mol. The Balaban J connectivity index is 1.87. The predicted molar refractivity (Wildman–Crippen MR) is 126 cm³/mol.